The van der Waals surface area contributed by atoms with Crippen molar-refractivity contribution in [2.45, 2.75) is 65.0 Å². The number of carbonyl (C=O) groups excluding carboxylic acids is 1. The van der Waals surface area contributed by atoms with E-state index >= 15 is 0 Å². The monoisotopic (exact) mass is 226 g/mol. The molecule has 0 heterocycles. The summed E-state index contributed by atoms with van der Waals surface area (Å²) < 4.78 is 0. The quantitative estimate of drug-likeness (QED) is 0.753. The lowest BCUT2D eigenvalue weighted by Gasteiger charge is -2.27. The van der Waals surface area contributed by atoms with Gasteiger partial charge in [0, 0.05) is 18.6 Å². The van der Waals surface area contributed by atoms with E-state index in [1.807, 2.05) is 4.90 Å². The van der Waals surface area contributed by atoms with E-state index in [-0.39, 0.29) is 5.91 Å². The van der Waals surface area contributed by atoms with E-state index in [1.54, 1.807) is 0 Å². The molecule has 1 aliphatic rings. The van der Waals surface area contributed by atoms with Gasteiger partial charge in [-0.25, -0.2) is 0 Å². The highest BCUT2D eigenvalue weighted by Gasteiger charge is 2.19. The highest BCUT2D eigenvalue weighted by Crippen LogP contribution is 2.17. The molecular formula is C13H26N2O. The van der Waals surface area contributed by atoms with Crippen molar-refractivity contribution in [2.75, 3.05) is 13.1 Å². The van der Waals surface area contributed by atoms with Crippen LogP contribution >= 0.6 is 0 Å². The van der Waals surface area contributed by atoms with Gasteiger partial charge in [-0.05, 0) is 33.1 Å². The van der Waals surface area contributed by atoms with Gasteiger partial charge in [0.05, 0.1) is 6.54 Å². The molecule has 0 aromatic carbocycles. The van der Waals surface area contributed by atoms with Crippen molar-refractivity contribution in [3.05, 3.63) is 0 Å². The van der Waals surface area contributed by atoms with Crippen LogP contribution in [0.15, 0.2) is 0 Å². The highest BCUT2D eigenvalue weighted by atomic mass is 16.2. The van der Waals surface area contributed by atoms with Crippen LogP contribution in [0.3, 0.4) is 0 Å². The molecule has 1 aliphatic carbocycles. The summed E-state index contributed by atoms with van der Waals surface area (Å²) in [4.78, 5) is 14.0. The average molecular weight is 226 g/mol. The van der Waals surface area contributed by atoms with Crippen molar-refractivity contribution in [1.82, 2.24) is 10.2 Å². The summed E-state index contributed by atoms with van der Waals surface area (Å²) in [6.07, 6.45) is 6.14. The van der Waals surface area contributed by atoms with Crippen molar-refractivity contribution in [2.24, 2.45) is 0 Å². The number of rotatable bonds is 6. The van der Waals surface area contributed by atoms with Crippen molar-refractivity contribution in [1.29, 1.82) is 0 Å². The van der Waals surface area contributed by atoms with Gasteiger partial charge in [0.15, 0.2) is 0 Å². The Labute approximate surface area is 99.6 Å². The fourth-order valence-electron chi connectivity index (χ4n) is 2.37. The average Bonchev–Trinajstić information content (AvgIpc) is 2.75. The zero-order valence-electron chi connectivity index (χ0n) is 11.0. The number of hydrogen-bond donors (Lipinski definition) is 1. The Morgan fingerprint density at radius 2 is 2.00 bits per heavy atom. The van der Waals surface area contributed by atoms with Crippen molar-refractivity contribution in [3.8, 4) is 0 Å². The molecule has 0 unspecified atom stereocenters. The molecular weight excluding hydrogens is 200 g/mol. The Kier molecular flexibility index (Phi) is 5.81. The molecule has 16 heavy (non-hydrogen) atoms. The third kappa shape index (κ3) is 4.12. The van der Waals surface area contributed by atoms with E-state index in [1.165, 1.54) is 25.7 Å². The van der Waals surface area contributed by atoms with Crippen LogP contribution in [0.4, 0.5) is 0 Å². The lowest BCUT2D eigenvalue weighted by atomic mass is 10.2. The summed E-state index contributed by atoms with van der Waals surface area (Å²) in [6, 6.07) is 0.900. The largest absolute Gasteiger partial charge is 0.339 e. The Hall–Kier alpha value is -0.570. The molecule has 0 radical (unpaired) electrons. The first-order valence-corrected chi connectivity index (χ1v) is 6.68. The minimum atomic E-state index is 0.253. The third-order valence-electron chi connectivity index (χ3n) is 3.31. The maximum atomic E-state index is 12.0. The second kappa shape index (κ2) is 6.89. The van der Waals surface area contributed by atoms with Gasteiger partial charge in [-0.15, -0.1) is 0 Å². The number of carbonyl (C=O) groups is 1. The summed E-state index contributed by atoms with van der Waals surface area (Å²) in [5.74, 6) is 0.253. The van der Waals surface area contributed by atoms with Crippen molar-refractivity contribution in [3.63, 3.8) is 0 Å². The molecule has 1 saturated carbocycles. The number of nitrogens with zero attached hydrogens (tertiary/aromatic N) is 1. The van der Waals surface area contributed by atoms with E-state index < -0.39 is 0 Å². The van der Waals surface area contributed by atoms with Gasteiger partial charge in [-0.1, -0.05) is 19.8 Å². The normalized spacial score (nSPS) is 17.0. The summed E-state index contributed by atoms with van der Waals surface area (Å²) in [7, 11) is 0. The molecule has 0 bridgehead atoms. The molecule has 0 aliphatic heterocycles. The molecule has 1 amide bonds. The molecule has 0 aromatic rings. The van der Waals surface area contributed by atoms with Gasteiger partial charge in [0.2, 0.25) is 5.91 Å². The first kappa shape index (κ1) is 13.5. The molecule has 0 saturated heterocycles. The second-order valence-electron chi connectivity index (χ2n) is 5.04. The van der Waals surface area contributed by atoms with Crippen LogP contribution in [0.25, 0.3) is 0 Å². The zero-order valence-corrected chi connectivity index (χ0v) is 11.0. The van der Waals surface area contributed by atoms with Crippen LogP contribution in [0.1, 0.15) is 52.9 Å². The van der Waals surface area contributed by atoms with Gasteiger partial charge in [-0.2, -0.15) is 0 Å². The molecule has 0 atom stereocenters. The van der Waals surface area contributed by atoms with Gasteiger partial charge >= 0.3 is 0 Å². The van der Waals surface area contributed by atoms with Gasteiger partial charge < -0.3 is 10.2 Å². The van der Waals surface area contributed by atoms with Crippen LogP contribution in [0.5, 0.6) is 0 Å². The SMILES string of the molecule is CCCN(C(=O)CNC1CCCC1)C(C)C. The minimum Gasteiger partial charge on any atom is -0.339 e. The molecule has 0 spiro atoms. The Morgan fingerprint density at radius 1 is 1.38 bits per heavy atom. The van der Waals surface area contributed by atoms with E-state index in [2.05, 4.69) is 26.1 Å². The highest BCUT2D eigenvalue weighted by molar-refractivity contribution is 5.78. The van der Waals surface area contributed by atoms with E-state index in [0.717, 1.165) is 13.0 Å². The lowest BCUT2D eigenvalue weighted by Crippen LogP contribution is -2.44. The first-order valence-electron chi connectivity index (χ1n) is 6.68. The van der Waals surface area contributed by atoms with Crippen LogP contribution < -0.4 is 5.32 Å². The van der Waals surface area contributed by atoms with E-state index in [4.69, 9.17) is 0 Å². The summed E-state index contributed by atoms with van der Waals surface area (Å²) in [5, 5.41) is 3.38. The Morgan fingerprint density at radius 3 is 2.50 bits per heavy atom. The molecule has 0 aromatic heterocycles. The van der Waals surface area contributed by atoms with Crippen LogP contribution in [0, 0.1) is 0 Å². The topological polar surface area (TPSA) is 32.3 Å². The predicted molar refractivity (Wildman–Crippen MR) is 67.4 cm³/mol. The molecule has 94 valence electrons. The third-order valence-corrected chi connectivity index (χ3v) is 3.31. The van der Waals surface area contributed by atoms with Gasteiger partial charge in [-0.3, -0.25) is 4.79 Å². The first-order chi connectivity index (χ1) is 7.65. The maximum absolute atomic E-state index is 12.0. The zero-order chi connectivity index (χ0) is 12.0. The summed E-state index contributed by atoms with van der Waals surface area (Å²) in [5.41, 5.74) is 0. The second-order valence-corrected chi connectivity index (χ2v) is 5.04. The summed E-state index contributed by atoms with van der Waals surface area (Å²) in [6.45, 7) is 7.69. The fraction of sp³-hybridized carbons (Fsp3) is 0.923. The number of hydrogen-bond acceptors (Lipinski definition) is 2. The van der Waals surface area contributed by atoms with Crippen molar-refractivity contribution >= 4 is 5.91 Å². The molecule has 3 heteroatoms. The standard InChI is InChI=1S/C13H26N2O/c1-4-9-15(11(2)3)13(16)10-14-12-7-5-6-8-12/h11-12,14H,4-10H2,1-3H3. The molecule has 1 N–H and O–H groups in total. The Balaban J connectivity index is 2.30. The lowest BCUT2D eigenvalue weighted by molar-refractivity contribution is -0.132. The summed E-state index contributed by atoms with van der Waals surface area (Å²) >= 11 is 0. The smallest absolute Gasteiger partial charge is 0.236 e. The number of nitrogens with one attached hydrogen (secondary N) is 1. The van der Waals surface area contributed by atoms with Gasteiger partial charge in [0.25, 0.3) is 0 Å². The van der Waals surface area contributed by atoms with Crippen LogP contribution in [-0.2, 0) is 4.79 Å². The van der Waals surface area contributed by atoms with E-state index in [0.29, 0.717) is 18.6 Å². The molecule has 3 nitrogen and oxygen atoms in total. The molecule has 1 fully saturated rings. The predicted octanol–water partition coefficient (Wildman–Crippen LogP) is 2.17. The van der Waals surface area contributed by atoms with Gasteiger partial charge in [0.1, 0.15) is 0 Å². The van der Waals surface area contributed by atoms with Crippen molar-refractivity contribution < 1.29 is 4.79 Å². The minimum absolute atomic E-state index is 0.253. The number of amides is 1. The van der Waals surface area contributed by atoms with Crippen LogP contribution in [-0.4, -0.2) is 36.0 Å². The Bertz CT molecular complexity index is 210. The maximum Gasteiger partial charge on any atom is 0.236 e. The molecule has 1 rings (SSSR count). The van der Waals surface area contributed by atoms with Crippen LogP contribution in [0.2, 0.25) is 0 Å². The van der Waals surface area contributed by atoms with E-state index in [9.17, 15) is 4.79 Å². The fourth-order valence-corrected chi connectivity index (χ4v) is 2.37.